The minimum Gasteiger partial charge on any atom is -0.425 e. The first-order valence-electron chi connectivity index (χ1n) is 9.40. The Morgan fingerprint density at radius 3 is 2.37 bits per heavy atom. The molecule has 2 rings (SSSR count). The Bertz CT molecular complexity index is 705. The smallest absolute Gasteiger partial charge is 0.329 e. The highest BCUT2D eigenvalue weighted by molar-refractivity contribution is 7.99. The molecule has 4 nitrogen and oxygen atoms in total. The molecule has 0 radical (unpaired) electrons. The number of aromatic nitrogens is 2. The van der Waals surface area contributed by atoms with Crippen molar-refractivity contribution >= 4 is 29.3 Å². The van der Waals surface area contributed by atoms with Crippen LogP contribution in [0.25, 0.3) is 11.1 Å². The molecule has 0 fully saturated rings. The van der Waals surface area contributed by atoms with Gasteiger partial charge in [-0.05, 0) is 36.5 Å². The Morgan fingerprint density at radius 1 is 1.11 bits per heavy atom. The lowest BCUT2D eigenvalue weighted by molar-refractivity contribution is -0.134. The summed E-state index contributed by atoms with van der Waals surface area (Å²) in [5.74, 6) is 1.47. The van der Waals surface area contributed by atoms with Gasteiger partial charge in [0.2, 0.25) is 0 Å². The van der Waals surface area contributed by atoms with Gasteiger partial charge in [-0.25, -0.2) is 9.97 Å². The number of halogens is 1. The largest absolute Gasteiger partial charge is 0.425 e. The van der Waals surface area contributed by atoms with E-state index in [9.17, 15) is 4.79 Å². The van der Waals surface area contributed by atoms with Crippen LogP contribution in [0.1, 0.15) is 46.5 Å². The molecule has 0 amide bonds. The van der Waals surface area contributed by atoms with E-state index in [-0.39, 0.29) is 0 Å². The van der Waals surface area contributed by atoms with Crippen molar-refractivity contribution in [3.05, 3.63) is 36.7 Å². The minimum absolute atomic E-state index is 0.343. The van der Waals surface area contributed by atoms with Gasteiger partial charge in [0.1, 0.15) is 11.1 Å². The molecule has 0 saturated carbocycles. The molecule has 1 aromatic heterocycles. The fraction of sp³-hybridized carbons (Fsp3) is 0.476. The quantitative estimate of drug-likeness (QED) is 0.121. The van der Waals surface area contributed by atoms with E-state index in [1.54, 1.807) is 23.9 Å². The van der Waals surface area contributed by atoms with Gasteiger partial charge >= 0.3 is 5.97 Å². The average molecular weight is 407 g/mol. The van der Waals surface area contributed by atoms with Crippen LogP contribution in [0.2, 0.25) is 0 Å². The molecule has 0 spiro atoms. The van der Waals surface area contributed by atoms with Crippen molar-refractivity contribution in [2.75, 3.05) is 5.75 Å². The van der Waals surface area contributed by atoms with Crippen LogP contribution in [-0.4, -0.2) is 27.1 Å². The number of benzene rings is 1. The van der Waals surface area contributed by atoms with Crippen LogP contribution >= 0.6 is 23.4 Å². The number of rotatable bonds is 10. The van der Waals surface area contributed by atoms with Crippen molar-refractivity contribution in [3.63, 3.8) is 0 Å². The highest BCUT2D eigenvalue weighted by atomic mass is 35.5. The van der Waals surface area contributed by atoms with E-state index in [4.69, 9.17) is 16.3 Å². The lowest BCUT2D eigenvalue weighted by Crippen LogP contribution is -2.22. The Labute approximate surface area is 171 Å². The molecule has 0 N–H and O–H groups in total. The number of nitrogens with zero attached hydrogens (tertiary/aromatic N) is 2. The van der Waals surface area contributed by atoms with Crippen molar-refractivity contribution in [3.8, 4) is 16.9 Å². The lowest BCUT2D eigenvalue weighted by atomic mass is 10.1. The molecule has 0 saturated heterocycles. The van der Waals surface area contributed by atoms with Crippen molar-refractivity contribution in [1.82, 2.24) is 9.97 Å². The van der Waals surface area contributed by atoms with E-state index < -0.39 is 11.3 Å². The maximum Gasteiger partial charge on any atom is 0.329 e. The van der Waals surface area contributed by atoms with Gasteiger partial charge in [-0.15, -0.1) is 11.6 Å². The number of thioether (sulfide) groups is 1. The lowest BCUT2D eigenvalue weighted by Gasteiger charge is -2.11. The van der Waals surface area contributed by atoms with Crippen molar-refractivity contribution < 1.29 is 9.53 Å². The van der Waals surface area contributed by atoms with Gasteiger partial charge in [-0.1, -0.05) is 57.5 Å². The Balaban J connectivity index is 1.91. The van der Waals surface area contributed by atoms with Gasteiger partial charge < -0.3 is 4.74 Å². The molecule has 0 aliphatic heterocycles. The SMILES string of the molecule is CCCCCSc1ncc(-c2ccc(OC(=O)[C@@H](Cl)CC(C)C)cc2)cn1. The molecule has 0 aliphatic rings. The molecule has 0 aliphatic carbocycles. The second-order valence-electron chi connectivity index (χ2n) is 6.85. The Morgan fingerprint density at radius 2 is 1.78 bits per heavy atom. The Hall–Kier alpha value is -1.59. The van der Waals surface area contributed by atoms with E-state index in [1.807, 2.05) is 38.4 Å². The van der Waals surface area contributed by atoms with Crippen molar-refractivity contribution in [2.24, 2.45) is 5.92 Å². The number of hydrogen-bond donors (Lipinski definition) is 0. The van der Waals surface area contributed by atoms with E-state index in [1.165, 1.54) is 19.3 Å². The molecule has 27 heavy (non-hydrogen) atoms. The third-order valence-electron chi connectivity index (χ3n) is 3.95. The van der Waals surface area contributed by atoms with E-state index in [2.05, 4.69) is 16.9 Å². The molecule has 146 valence electrons. The summed E-state index contributed by atoms with van der Waals surface area (Å²) in [7, 11) is 0. The predicted octanol–water partition coefficient (Wildman–Crippen LogP) is 5.98. The molecule has 0 bridgehead atoms. The van der Waals surface area contributed by atoms with Crippen LogP contribution in [0.4, 0.5) is 0 Å². The molecule has 6 heteroatoms. The van der Waals surface area contributed by atoms with Crippen LogP contribution in [0.5, 0.6) is 5.75 Å². The first-order valence-corrected chi connectivity index (χ1v) is 10.8. The molecule has 2 aromatic rings. The summed E-state index contributed by atoms with van der Waals surface area (Å²) in [5.41, 5.74) is 1.91. The number of alkyl halides is 1. The first kappa shape index (κ1) is 21.7. The molecule has 1 atom stereocenters. The fourth-order valence-electron chi connectivity index (χ4n) is 2.46. The number of carbonyl (C=O) groups is 1. The van der Waals surface area contributed by atoms with E-state index >= 15 is 0 Å². The third-order valence-corrected chi connectivity index (χ3v) is 5.27. The molecule has 1 heterocycles. The van der Waals surface area contributed by atoms with E-state index in [0.29, 0.717) is 18.1 Å². The van der Waals surface area contributed by atoms with Crippen molar-refractivity contribution in [1.29, 1.82) is 0 Å². The number of hydrogen-bond acceptors (Lipinski definition) is 5. The maximum atomic E-state index is 12.0. The highest BCUT2D eigenvalue weighted by Crippen LogP contribution is 2.24. The van der Waals surface area contributed by atoms with Crippen LogP contribution in [0, 0.1) is 5.92 Å². The number of esters is 1. The predicted molar refractivity (Wildman–Crippen MR) is 112 cm³/mol. The highest BCUT2D eigenvalue weighted by Gasteiger charge is 2.19. The van der Waals surface area contributed by atoms with Gasteiger partial charge in [0.15, 0.2) is 5.16 Å². The summed E-state index contributed by atoms with van der Waals surface area (Å²) < 4.78 is 5.35. The zero-order chi connectivity index (χ0) is 19.6. The van der Waals surface area contributed by atoms with Gasteiger partial charge in [-0.3, -0.25) is 4.79 Å². The summed E-state index contributed by atoms with van der Waals surface area (Å²) >= 11 is 7.77. The zero-order valence-electron chi connectivity index (χ0n) is 16.2. The second-order valence-corrected chi connectivity index (χ2v) is 8.44. The average Bonchev–Trinajstić information content (AvgIpc) is 2.66. The first-order chi connectivity index (χ1) is 13.0. The molecular formula is C21H27ClN2O2S. The molecule has 0 unspecified atom stereocenters. The monoisotopic (exact) mass is 406 g/mol. The summed E-state index contributed by atoms with van der Waals surface area (Å²) in [6.07, 6.45) is 7.89. The fourth-order valence-corrected chi connectivity index (χ4v) is 3.65. The number of unbranched alkanes of at least 4 members (excludes halogenated alkanes) is 2. The zero-order valence-corrected chi connectivity index (χ0v) is 17.7. The number of carbonyl (C=O) groups excluding carboxylic acids is 1. The van der Waals surface area contributed by atoms with E-state index in [0.717, 1.165) is 22.0 Å². The van der Waals surface area contributed by atoms with Gasteiger partial charge in [-0.2, -0.15) is 0 Å². The summed E-state index contributed by atoms with van der Waals surface area (Å²) in [6.45, 7) is 6.24. The third kappa shape index (κ3) is 7.51. The summed E-state index contributed by atoms with van der Waals surface area (Å²) in [6, 6.07) is 7.31. The topological polar surface area (TPSA) is 52.1 Å². The van der Waals surface area contributed by atoms with Crippen molar-refractivity contribution in [2.45, 2.75) is 57.0 Å². The number of ether oxygens (including phenoxy) is 1. The second kappa shape index (κ2) is 11.3. The summed E-state index contributed by atoms with van der Waals surface area (Å²) in [5, 5.41) is 0.180. The van der Waals surface area contributed by atoms with Crippen LogP contribution in [0.15, 0.2) is 41.8 Å². The van der Waals surface area contributed by atoms with Gasteiger partial charge in [0.05, 0.1) is 0 Å². The van der Waals surface area contributed by atoms with Crippen LogP contribution in [-0.2, 0) is 4.79 Å². The normalized spacial score (nSPS) is 12.2. The van der Waals surface area contributed by atoms with Gasteiger partial charge in [0, 0.05) is 23.7 Å². The molecular weight excluding hydrogens is 380 g/mol. The summed E-state index contributed by atoms with van der Waals surface area (Å²) in [4.78, 5) is 20.8. The molecule has 1 aromatic carbocycles. The van der Waals surface area contributed by atoms with Crippen LogP contribution < -0.4 is 4.74 Å². The van der Waals surface area contributed by atoms with Gasteiger partial charge in [0.25, 0.3) is 0 Å². The standard InChI is InChI=1S/C21H27ClN2O2S/c1-4-5-6-11-27-21-23-13-17(14-24-21)16-7-9-18(10-8-16)26-20(25)19(22)12-15(2)3/h7-10,13-15,19H,4-6,11-12H2,1-3H3/t19-/m0/s1. The maximum absolute atomic E-state index is 12.0. The van der Waals surface area contributed by atoms with Crippen LogP contribution in [0.3, 0.4) is 0 Å². The Kier molecular flexibility index (Phi) is 9.08. The minimum atomic E-state index is -0.625.